The average molecular weight is 283 g/mol. The van der Waals surface area contributed by atoms with E-state index in [4.69, 9.17) is 5.73 Å². The SMILES string of the molecule is Cc1ccc(C2C(C)CCCN2C(=O)CN)cc1.Cl. The Bertz CT molecular complexity index is 419. The van der Waals surface area contributed by atoms with Gasteiger partial charge in [0.25, 0.3) is 0 Å². The lowest BCUT2D eigenvalue weighted by Crippen LogP contribution is -2.44. The Morgan fingerprint density at radius 1 is 1.37 bits per heavy atom. The van der Waals surface area contributed by atoms with Crippen molar-refractivity contribution in [1.82, 2.24) is 4.90 Å². The molecule has 0 spiro atoms. The Morgan fingerprint density at radius 3 is 2.58 bits per heavy atom. The Hall–Kier alpha value is -1.06. The highest BCUT2D eigenvalue weighted by Gasteiger charge is 2.32. The van der Waals surface area contributed by atoms with Gasteiger partial charge in [-0.1, -0.05) is 36.8 Å². The molecule has 2 unspecified atom stereocenters. The summed E-state index contributed by atoms with van der Waals surface area (Å²) in [6.07, 6.45) is 2.25. The summed E-state index contributed by atoms with van der Waals surface area (Å²) in [7, 11) is 0. The fourth-order valence-electron chi connectivity index (χ4n) is 2.86. The molecule has 1 saturated heterocycles. The molecule has 4 heteroatoms. The van der Waals surface area contributed by atoms with Gasteiger partial charge in [0.2, 0.25) is 5.91 Å². The second-order valence-electron chi connectivity index (χ2n) is 5.27. The van der Waals surface area contributed by atoms with E-state index >= 15 is 0 Å². The third-order valence-electron chi connectivity index (χ3n) is 3.85. The van der Waals surface area contributed by atoms with Crippen LogP contribution < -0.4 is 5.73 Å². The summed E-state index contributed by atoms with van der Waals surface area (Å²) in [6.45, 7) is 5.24. The van der Waals surface area contributed by atoms with E-state index in [2.05, 4.69) is 38.1 Å². The largest absolute Gasteiger partial charge is 0.334 e. The summed E-state index contributed by atoms with van der Waals surface area (Å²) in [5, 5.41) is 0. The zero-order chi connectivity index (χ0) is 13.1. The molecule has 0 aliphatic carbocycles. The maximum atomic E-state index is 12.0. The molecule has 0 saturated carbocycles. The van der Waals surface area contributed by atoms with Crippen molar-refractivity contribution in [3.05, 3.63) is 35.4 Å². The van der Waals surface area contributed by atoms with Crippen LogP contribution in [0.25, 0.3) is 0 Å². The van der Waals surface area contributed by atoms with E-state index in [-0.39, 0.29) is 30.9 Å². The number of likely N-dealkylation sites (tertiary alicyclic amines) is 1. The number of halogens is 1. The van der Waals surface area contributed by atoms with E-state index in [1.807, 2.05) is 4.90 Å². The molecule has 0 aromatic heterocycles. The van der Waals surface area contributed by atoms with Crippen molar-refractivity contribution < 1.29 is 4.79 Å². The van der Waals surface area contributed by atoms with Gasteiger partial charge in [-0.3, -0.25) is 4.79 Å². The van der Waals surface area contributed by atoms with Crippen LogP contribution in [0.3, 0.4) is 0 Å². The van der Waals surface area contributed by atoms with Gasteiger partial charge in [-0.05, 0) is 31.2 Å². The lowest BCUT2D eigenvalue weighted by atomic mass is 9.85. The lowest BCUT2D eigenvalue weighted by molar-refractivity contribution is -0.135. The minimum Gasteiger partial charge on any atom is -0.334 e. The molecule has 2 atom stereocenters. The first-order valence-corrected chi connectivity index (χ1v) is 6.69. The van der Waals surface area contributed by atoms with Crippen LogP contribution in [-0.2, 0) is 4.79 Å². The molecule has 1 fully saturated rings. The fourth-order valence-corrected chi connectivity index (χ4v) is 2.86. The van der Waals surface area contributed by atoms with Crippen molar-refractivity contribution in [2.24, 2.45) is 11.7 Å². The van der Waals surface area contributed by atoms with E-state index in [0.29, 0.717) is 5.92 Å². The van der Waals surface area contributed by atoms with Gasteiger partial charge in [-0.25, -0.2) is 0 Å². The smallest absolute Gasteiger partial charge is 0.236 e. The third kappa shape index (κ3) is 3.48. The molecule has 2 N–H and O–H groups in total. The Morgan fingerprint density at radius 2 is 2.00 bits per heavy atom. The first kappa shape index (κ1) is 16.0. The Labute approximate surface area is 121 Å². The van der Waals surface area contributed by atoms with Crippen LogP contribution in [0.2, 0.25) is 0 Å². The van der Waals surface area contributed by atoms with Gasteiger partial charge in [0.15, 0.2) is 0 Å². The van der Waals surface area contributed by atoms with Crippen LogP contribution in [0.4, 0.5) is 0 Å². The van der Waals surface area contributed by atoms with Crippen LogP contribution >= 0.6 is 12.4 Å². The predicted octanol–water partition coefficient (Wildman–Crippen LogP) is 2.68. The van der Waals surface area contributed by atoms with Crippen molar-refractivity contribution in [2.45, 2.75) is 32.7 Å². The average Bonchev–Trinajstić information content (AvgIpc) is 2.39. The topological polar surface area (TPSA) is 46.3 Å². The van der Waals surface area contributed by atoms with Crippen LogP contribution in [0.15, 0.2) is 24.3 Å². The van der Waals surface area contributed by atoms with Gasteiger partial charge < -0.3 is 10.6 Å². The molecule has 106 valence electrons. The van der Waals surface area contributed by atoms with Crippen molar-refractivity contribution in [2.75, 3.05) is 13.1 Å². The van der Waals surface area contributed by atoms with Crippen molar-refractivity contribution >= 4 is 18.3 Å². The van der Waals surface area contributed by atoms with Crippen molar-refractivity contribution in [1.29, 1.82) is 0 Å². The Kier molecular flexibility index (Phi) is 5.83. The molecule has 1 aromatic rings. The number of nitrogens with zero attached hydrogens (tertiary/aromatic N) is 1. The van der Waals surface area contributed by atoms with Crippen LogP contribution in [-0.4, -0.2) is 23.9 Å². The number of carbonyl (C=O) groups excluding carboxylic acids is 1. The number of hydrogen-bond donors (Lipinski definition) is 1. The Balaban J connectivity index is 0.00000180. The highest BCUT2D eigenvalue weighted by Crippen LogP contribution is 2.35. The number of rotatable bonds is 2. The molecular formula is C15H23ClN2O. The summed E-state index contributed by atoms with van der Waals surface area (Å²) >= 11 is 0. The van der Waals surface area contributed by atoms with E-state index < -0.39 is 0 Å². The molecular weight excluding hydrogens is 260 g/mol. The number of hydrogen-bond acceptors (Lipinski definition) is 2. The van der Waals surface area contributed by atoms with E-state index in [1.165, 1.54) is 17.5 Å². The van der Waals surface area contributed by atoms with E-state index in [1.54, 1.807) is 0 Å². The summed E-state index contributed by atoms with van der Waals surface area (Å²) in [6, 6.07) is 8.69. The van der Waals surface area contributed by atoms with Gasteiger partial charge >= 0.3 is 0 Å². The summed E-state index contributed by atoms with van der Waals surface area (Å²) in [5.41, 5.74) is 8.00. The second-order valence-corrected chi connectivity index (χ2v) is 5.27. The zero-order valence-electron chi connectivity index (χ0n) is 11.6. The predicted molar refractivity (Wildman–Crippen MR) is 80.3 cm³/mol. The van der Waals surface area contributed by atoms with Crippen molar-refractivity contribution in [3.8, 4) is 0 Å². The quantitative estimate of drug-likeness (QED) is 0.906. The number of carbonyl (C=O) groups is 1. The zero-order valence-corrected chi connectivity index (χ0v) is 12.5. The number of amides is 1. The van der Waals surface area contributed by atoms with Crippen LogP contribution in [0, 0.1) is 12.8 Å². The van der Waals surface area contributed by atoms with Gasteiger partial charge in [0.05, 0.1) is 12.6 Å². The minimum atomic E-state index is 0. The number of benzene rings is 1. The monoisotopic (exact) mass is 282 g/mol. The highest BCUT2D eigenvalue weighted by molar-refractivity contribution is 5.85. The molecule has 1 amide bonds. The number of piperidine rings is 1. The maximum absolute atomic E-state index is 12.0. The van der Waals surface area contributed by atoms with Gasteiger partial charge in [0, 0.05) is 6.54 Å². The molecule has 1 aliphatic rings. The molecule has 1 aliphatic heterocycles. The molecule has 2 rings (SSSR count). The molecule has 19 heavy (non-hydrogen) atoms. The molecule has 3 nitrogen and oxygen atoms in total. The first-order chi connectivity index (χ1) is 8.63. The van der Waals surface area contributed by atoms with Gasteiger partial charge in [0.1, 0.15) is 0 Å². The maximum Gasteiger partial charge on any atom is 0.236 e. The summed E-state index contributed by atoms with van der Waals surface area (Å²) < 4.78 is 0. The third-order valence-corrected chi connectivity index (χ3v) is 3.85. The fraction of sp³-hybridized carbons (Fsp3) is 0.533. The number of nitrogens with two attached hydrogens (primary N) is 1. The summed E-state index contributed by atoms with van der Waals surface area (Å²) in [4.78, 5) is 13.9. The van der Waals surface area contributed by atoms with Crippen LogP contribution in [0.5, 0.6) is 0 Å². The molecule has 1 heterocycles. The molecule has 0 radical (unpaired) electrons. The van der Waals surface area contributed by atoms with Gasteiger partial charge in [-0.15, -0.1) is 12.4 Å². The summed E-state index contributed by atoms with van der Waals surface area (Å²) in [5.74, 6) is 0.559. The number of aryl methyl sites for hydroxylation is 1. The van der Waals surface area contributed by atoms with E-state index in [9.17, 15) is 4.79 Å². The van der Waals surface area contributed by atoms with Gasteiger partial charge in [-0.2, -0.15) is 0 Å². The lowest BCUT2D eigenvalue weighted by Gasteiger charge is -2.40. The van der Waals surface area contributed by atoms with Crippen LogP contribution in [0.1, 0.15) is 36.9 Å². The highest BCUT2D eigenvalue weighted by atomic mass is 35.5. The minimum absolute atomic E-state index is 0. The molecule has 1 aromatic carbocycles. The normalized spacial score (nSPS) is 22.8. The van der Waals surface area contributed by atoms with E-state index in [0.717, 1.165) is 13.0 Å². The standard InChI is InChI=1S/C15H22N2O.ClH/c1-11-5-7-13(8-6-11)15-12(2)4-3-9-17(15)14(18)10-16;/h5-8,12,15H,3-4,9-10,16H2,1-2H3;1H. The van der Waals surface area contributed by atoms with Crippen molar-refractivity contribution in [3.63, 3.8) is 0 Å². The second kappa shape index (κ2) is 6.92. The molecule has 0 bridgehead atoms. The first-order valence-electron chi connectivity index (χ1n) is 6.69.